The molecule has 3 rings (SSSR count). The molecule has 1 aliphatic rings. The smallest absolute Gasteiger partial charge is 0.0963 e. The molecule has 2 heteroatoms. The lowest BCUT2D eigenvalue weighted by Gasteiger charge is -2.08. The molecule has 0 amide bonds. The highest BCUT2D eigenvalue weighted by atomic mass is 19.2. The summed E-state index contributed by atoms with van der Waals surface area (Å²) in [5.41, 5.74) is 1.54. The lowest BCUT2D eigenvalue weighted by atomic mass is 9.93. The van der Waals surface area contributed by atoms with Crippen molar-refractivity contribution in [3.05, 3.63) is 71.8 Å². The maximum atomic E-state index is 14.0. The number of rotatable bonds is 2. The second-order valence-electron chi connectivity index (χ2n) is 4.64. The van der Waals surface area contributed by atoms with Gasteiger partial charge in [0.05, 0.1) is 11.6 Å². The van der Waals surface area contributed by atoms with Crippen LogP contribution in [0.15, 0.2) is 60.7 Å². The van der Waals surface area contributed by atoms with Crippen molar-refractivity contribution in [2.45, 2.75) is 18.5 Å². The van der Waals surface area contributed by atoms with E-state index in [0.717, 1.165) is 16.2 Å². The molecular weight excluding hydrogens is 213 g/mol. The van der Waals surface area contributed by atoms with E-state index in [-0.39, 0.29) is 6.04 Å². The number of benzene rings is 2. The Morgan fingerprint density at radius 3 is 2.06 bits per heavy atom. The van der Waals surface area contributed by atoms with Gasteiger partial charge in [0.1, 0.15) is 0 Å². The van der Waals surface area contributed by atoms with Crippen LogP contribution in [-0.4, -0.2) is 5.12 Å². The Morgan fingerprint density at radius 1 is 0.941 bits per heavy atom. The van der Waals surface area contributed by atoms with Crippen LogP contribution in [0.3, 0.4) is 0 Å². The minimum atomic E-state index is -0.511. The molecule has 1 saturated heterocycles. The van der Waals surface area contributed by atoms with Crippen molar-refractivity contribution < 1.29 is 4.48 Å². The van der Waals surface area contributed by atoms with E-state index in [2.05, 4.69) is 0 Å². The molecule has 1 aliphatic heterocycles. The summed E-state index contributed by atoms with van der Waals surface area (Å²) >= 11 is 0. The van der Waals surface area contributed by atoms with E-state index in [1.165, 1.54) is 0 Å². The highest BCUT2D eigenvalue weighted by Gasteiger charge is 2.62. The lowest BCUT2D eigenvalue weighted by Crippen LogP contribution is -2.06. The molecule has 86 valence electrons. The fraction of sp³-hybridized carbons (Fsp3) is 0.200. The van der Waals surface area contributed by atoms with E-state index in [0.29, 0.717) is 0 Å². The standard InChI is InChI=1S/C15H14FN/c1-15(13-10-6-3-7-11-13)14(17(15)16)12-8-4-2-5-9-12/h2-11,14H,1H3/t14-,15+,17?/m0/s1. The van der Waals surface area contributed by atoms with Gasteiger partial charge in [-0.3, -0.25) is 0 Å². The van der Waals surface area contributed by atoms with Crippen molar-refractivity contribution in [3.63, 3.8) is 0 Å². The Bertz CT molecular complexity index is 511. The summed E-state index contributed by atoms with van der Waals surface area (Å²) < 4.78 is 14.0. The molecule has 1 unspecified atom stereocenters. The third kappa shape index (κ3) is 1.48. The molecule has 1 fully saturated rings. The van der Waals surface area contributed by atoms with Crippen LogP contribution in [0.5, 0.6) is 0 Å². The normalized spacial score (nSPS) is 31.2. The molecule has 1 nitrogen and oxygen atoms in total. The van der Waals surface area contributed by atoms with Gasteiger partial charge in [-0.25, -0.2) is 0 Å². The van der Waals surface area contributed by atoms with Crippen molar-refractivity contribution in [2.24, 2.45) is 0 Å². The van der Waals surface area contributed by atoms with E-state index >= 15 is 0 Å². The Morgan fingerprint density at radius 2 is 1.47 bits per heavy atom. The minimum Gasteiger partial charge on any atom is -0.133 e. The van der Waals surface area contributed by atoms with E-state index in [9.17, 15) is 4.48 Å². The second-order valence-corrected chi connectivity index (χ2v) is 4.64. The Balaban J connectivity index is 1.97. The zero-order valence-electron chi connectivity index (χ0n) is 9.68. The van der Waals surface area contributed by atoms with Crippen molar-refractivity contribution in [2.75, 3.05) is 0 Å². The maximum absolute atomic E-state index is 14.0. The Kier molecular flexibility index (Phi) is 2.26. The topological polar surface area (TPSA) is 3.01 Å². The van der Waals surface area contributed by atoms with Crippen LogP contribution in [0.4, 0.5) is 4.48 Å². The van der Waals surface area contributed by atoms with Crippen LogP contribution in [0.1, 0.15) is 24.1 Å². The molecule has 0 aromatic heterocycles. The summed E-state index contributed by atoms with van der Waals surface area (Å²) in [6.45, 7) is 1.94. The molecule has 0 spiro atoms. The molecular formula is C15H14FN. The second kappa shape index (κ2) is 3.67. The summed E-state index contributed by atoms with van der Waals surface area (Å²) in [6, 6.07) is 19.5. The summed E-state index contributed by atoms with van der Waals surface area (Å²) in [5.74, 6) is 0. The van der Waals surface area contributed by atoms with E-state index < -0.39 is 5.54 Å². The van der Waals surface area contributed by atoms with E-state index in [1.807, 2.05) is 67.6 Å². The molecule has 0 bridgehead atoms. The van der Waals surface area contributed by atoms with Crippen LogP contribution in [0.2, 0.25) is 0 Å². The van der Waals surface area contributed by atoms with Crippen molar-refractivity contribution in [3.8, 4) is 0 Å². The molecule has 0 aliphatic carbocycles. The largest absolute Gasteiger partial charge is 0.133 e. The molecule has 3 atom stereocenters. The van der Waals surface area contributed by atoms with E-state index in [4.69, 9.17) is 0 Å². The number of hydrogen-bond donors (Lipinski definition) is 0. The lowest BCUT2D eigenvalue weighted by molar-refractivity contribution is 0.124. The summed E-state index contributed by atoms with van der Waals surface area (Å²) in [4.78, 5) is 0. The van der Waals surface area contributed by atoms with Gasteiger partial charge in [0.25, 0.3) is 0 Å². The molecule has 2 aromatic rings. The third-order valence-electron chi connectivity index (χ3n) is 3.61. The summed E-state index contributed by atoms with van der Waals surface area (Å²) in [5, 5.41) is 0.928. The first-order valence-electron chi connectivity index (χ1n) is 5.80. The molecule has 17 heavy (non-hydrogen) atoms. The predicted molar refractivity (Wildman–Crippen MR) is 65.9 cm³/mol. The van der Waals surface area contributed by atoms with Gasteiger partial charge in [-0.15, -0.1) is 9.60 Å². The monoisotopic (exact) mass is 227 g/mol. The van der Waals surface area contributed by atoms with Crippen molar-refractivity contribution in [1.29, 1.82) is 0 Å². The fourth-order valence-corrected chi connectivity index (χ4v) is 2.50. The van der Waals surface area contributed by atoms with Gasteiger partial charge in [-0.1, -0.05) is 60.7 Å². The molecule has 0 N–H and O–H groups in total. The average Bonchev–Trinajstić information content (AvgIpc) is 2.95. The minimum absolute atomic E-state index is 0.161. The fourth-order valence-electron chi connectivity index (χ4n) is 2.50. The number of halogens is 1. The van der Waals surface area contributed by atoms with Gasteiger partial charge in [0, 0.05) is 0 Å². The van der Waals surface area contributed by atoms with Crippen molar-refractivity contribution >= 4 is 0 Å². The third-order valence-corrected chi connectivity index (χ3v) is 3.61. The van der Waals surface area contributed by atoms with E-state index in [1.54, 1.807) is 0 Å². The number of hydrogen-bond acceptors (Lipinski definition) is 1. The first-order valence-corrected chi connectivity index (χ1v) is 5.80. The van der Waals surface area contributed by atoms with Crippen LogP contribution in [0.25, 0.3) is 0 Å². The Hall–Kier alpha value is -1.67. The Labute approximate surface area is 100 Å². The van der Waals surface area contributed by atoms with Crippen LogP contribution < -0.4 is 0 Å². The highest BCUT2D eigenvalue weighted by molar-refractivity contribution is 5.38. The van der Waals surface area contributed by atoms with Gasteiger partial charge in [0.2, 0.25) is 0 Å². The highest BCUT2D eigenvalue weighted by Crippen LogP contribution is 2.59. The first kappa shape index (κ1) is 10.5. The van der Waals surface area contributed by atoms with Gasteiger partial charge < -0.3 is 0 Å². The SMILES string of the molecule is C[C@@]1(c2ccccc2)[C@H](c2ccccc2)N1F. The van der Waals surface area contributed by atoms with Crippen LogP contribution in [-0.2, 0) is 5.54 Å². The molecule has 0 saturated carbocycles. The van der Waals surface area contributed by atoms with Gasteiger partial charge in [0.15, 0.2) is 0 Å². The number of nitrogens with zero attached hydrogens (tertiary/aromatic N) is 1. The predicted octanol–water partition coefficient (Wildman–Crippen LogP) is 3.84. The molecule has 0 radical (unpaired) electrons. The van der Waals surface area contributed by atoms with Gasteiger partial charge >= 0.3 is 0 Å². The average molecular weight is 227 g/mol. The molecule has 1 heterocycles. The quantitative estimate of drug-likeness (QED) is 0.556. The zero-order chi connectivity index (χ0) is 11.9. The van der Waals surface area contributed by atoms with Gasteiger partial charge in [-0.05, 0) is 18.1 Å². The summed E-state index contributed by atoms with van der Waals surface area (Å²) in [6.07, 6.45) is 0. The molecule has 2 aromatic carbocycles. The first-order chi connectivity index (χ1) is 8.24. The van der Waals surface area contributed by atoms with Crippen LogP contribution >= 0.6 is 0 Å². The maximum Gasteiger partial charge on any atom is 0.0963 e. The van der Waals surface area contributed by atoms with Gasteiger partial charge in [-0.2, -0.15) is 0 Å². The van der Waals surface area contributed by atoms with Crippen LogP contribution in [0, 0.1) is 0 Å². The summed E-state index contributed by atoms with van der Waals surface area (Å²) in [7, 11) is 0. The van der Waals surface area contributed by atoms with Crippen molar-refractivity contribution in [1.82, 2.24) is 5.12 Å². The zero-order valence-corrected chi connectivity index (χ0v) is 9.68.